The first-order chi connectivity index (χ1) is 5.07. The minimum Gasteiger partial charge on any atom is -0.461 e. The summed E-state index contributed by atoms with van der Waals surface area (Å²) in [5.74, 6) is -0.374. The number of hydrogen-bond acceptors (Lipinski definition) is 2. The third kappa shape index (κ3) is 4.85. The van der Waals surface area contributed by atoms with E-state index in [1.54, 1.807) is 19.9 Å². The molecule has 0 radical (unpaired) electrons. The molecule has 0 N–H and O–H groups in total. The fourth-order valence-corrected chi connectivity index (χ4v) is 0.626. The van der Waals surface area contributed by atoms with Crippen LogP contribution in [0.25, 0.3) is 0 Å². The molecule has 0 amide bonds. The molecule has 3 heteroatoms. The van der Waals surface area contributed by atoms with Crippen molar-refractivity contribution in [2.24, 2.45) is 0 Å². The van der Waals surface area contributed by atoms with Gasteiger partial charge in [0, 0.05) is 6.42 Å². The van der Waals surface area contributed by atoms with E-state index >= 15 is 0 Å². The molecule has 64 valence electrons. The smallest absolute Gasteiger partial charge is 0.324 e. The maximum Gasteiger partial charge on any atom is 0.324 e. The Hall–Kier alpha value is -0.500. The summed E-state index contributed by atoms with van der Waals surface area (Å²) in [5, 5.41) is -0.567. The first kappa shape index (κ1) is 10.5. The van der Waals surface area contributed by atoms with Gasteiger partial charge in [0.05, 0.1) is 0 Å². The molecule has 0 aromatic carbocycles. The Labute approximate surface area is 72.2 Å². The highest BCUT2D eigenvalue weighted by atomic mass is 35.5. The third-order valence-corrected chi connectivity index (χ3v) is 1.32. The van der Waals surface area contributed by atoms with Crippen LogP contribution in [0.4, 0.5) is 0 Å². The van der Waals surface area contributed by atoms with E-state index in [-0.39, 0.29) is 12.1 Å². The fraction of sp³-hybridized carbons (Fsp3) is 0.625. The Kier molecular flexibility index (Phi) is 4.95. The number of carbonyl (C=O) groups is 1. The SMILES string of the molecule is C=CCC(C)OC(=O)C(C)Cl. The quantitative estimate of drug-likeness (QED) is 0.373. The van der Waals surface area contributed by atoms with Gasteiger partial charge in [-0.1, -0.05) is 6.08 Å². The summed E-state index contributed by atoms with van der Waals surface area (Å²) in [6, 6.07) is 0. The highest BCUT2D eigenvalue weighted by Crippen LogP contribution is 2.03. The number of rotatable bonds is 4. The van der Waals surface area contributed by atoms with Crippen molar-refractivity contribution in [3.63, 3.8) is 0 Å². The average Bonchev–Trinajstić information content (AvgIpc) is 1.87. The molecular formula is C8H13ClO2. The van der Waals surface area contributed by atoms with Crippen molar-refractivity contribution >= 4 is 17.6 Å². The zero-order valence-electron chi connectivity index (χ0n) is 6.84. The van der Waals surface area contributed by atoms with Crippen molar-refractivity contribution in [3.8, 4) is 0 Å². The topological polar surface area (TPSA) is 26.3 Å². The predicted octanol–water partition coefficient (Wildman–Crippen LogP) is 2.12. The van der Waals surface area contributed by atoms with Gasteiger partial charge in [-0.2, -0.15) is 0 Å². The van der Waals surface area contributed by atoms with E-state index < -0.39 is 5.38 Å². The Morgan fingerprint density at radius 1 is 1.73 bits per heavy atom. The summed E-state index contributed by atoms with van der Waals surface area (Å²) in [5.41, 5.74) is 0. The lowest BCUT2D eigenvalue weighted by Crippen LogP contribution is -2.20. The van der Waals surface area contributed by atoms with E-state index in [9.17, 15) is 4.79 Å². The number of esters is 1. The molecule has 0 fully saturated rings. The predicted molar refractivity (Wildman–Crippen MR) is 45.7 cm³/mol. The summed E-state index contributed by atoms with van der Waals surface area (Å²) in [6.45, 7) is 6.92. The number of ether oxygens (including phenoxy) is 1. The van der Waals surface area contributed by atoms with Crippen molar-refractivity contribution in [3.05, 3.63) is 12.7 Å². The van der Waals surface area contributed by atoms with Crippen molar-refractivity contribution in [2.45, 2.75) is 31.7 Å². The molecule has 2 atom stereocenters. The highest BCUT2D eigenvalue weighted by Gasteiger charge is 2.13. The van der Waals surface area contributed by atoms with Gasteiger partial charge in [-0.3, -0.25) is 4.79 Å². The van der Waals surface area contributed by atoms with E-state index in [2.05, 4.69) is 6.58 Å². The lowest BCUT2D eigenvalue weighted by molar-refractivity contribution is -0.147. The van der Waals surface area contributed by atoms with Crippen molar-refractivity contribution in [2.75, 3.05) is 0 Å². The summed E-state index contributed by atoms with van der Waals surface area (Å²) in [4.78, 5) is 10.8. The zero-order chi connectivity index (χ0) is 8.85. The number of halogens is 1. The Morgan fingerprint density at radius 3 is 2.64 bits per heavy atom. The van der Waals surface area contributed by atoms with Gasteiger partial charge in [0.1, 0.15) is 11.5 Å². The first-order valence-corrected chi connectivity index (χ1v) is 3.97. The van der Waals surface area contributed by atoms with Crippen LogP contribution in [0.3, 0.4) is 0 Å². The molecule has 0 aromatic rings. The molecular weight excluding hydrogens is 164 g/mol. The Bertz CT molecular complexity index is 143. The molecule has 0 rings (SSSR count). The summed E-state index contributed by atoms with van der Waals surface area (Å²) in [6.07, 6.45) is 2.24. The lowest BCUT2D eigenvalue weighted by atomic mass is 10.3. The maximum absolute atomic E-state index is 10.8. The molecule has 0 aromatic heterocycles. The second kappa shape index (κ2) is 5.19. The second-order valence-electron chi connectivity index (χ2n) is 2.39. The third-order valence-electron chi connectivity index (χ3n) is 1.14. The molecule has 0 bridgehead atoms. The van der Waals surface area contributed by atoms with Crippen LogP contribution in [0.15, 0.2) is 12.7 Å². The number of alkyl halides is 1. The lowest BCUT2D eigenvalue weighted by Gasteiger charge is -2.11. The molecule has 2 nitrogen and oxygen atoms in total. The first-order valence-electron chi connectivity index (χ1n) is 3.53. The summed E-state index contributed by atoms with van der Waals surface area (Å²) in [7, 11) is 0. The van der Waals surface area contributed by atoms with Crippen LogP contribution in [-0.2, 0) is 9.53 Å². The molecule has 0 saturated carbocycles. The highest BCUT2D eigenvalue weighted by molar-refractivity contribution is 6.29. The van der Waals surface area contributed by atoms with Crippen molar-refractivity contribution in [1.82, 2.24) is 0 Å². The van der Waals surface area contributed by atoms with Crippen LogP contribution in [0.5, 0.6) is 0 Å². The van der Waals surface area contributed by atoms with Crippen molar-refractivity contribution < 1.29 is 9.53 Å². The van der Waals surface area contributed by atoms with Gasteiger partial charge in [-0.25, -0.2) is 0 Å². The van der Waals surface area contributed by atoms with Crippen LogP contribution >= 0.6 is 11.6 Å². The molecule has 0 saturated heterocycles. The van der Waals surface area contributed by atoms with Gasteiger partial charge in [0.25, 0.3) is 0 Å². The van der Waals surface area contributed by atoms with Gasteiger partial charge in [-0.15, -0.1) is 18.2 Å². The molecule has 11 heavy (non-hydrogen) atoms. The van der Waals surface area contributed by atoms with Crippen molar-refractivity contribution in [1.29, 1.82) is 0 Å². The Morgan fingerprint density at radius 2 is 2.27 bits per heavy atom. The summed E-state index contributed by atoms with van der Waals surface area (Å²) >= 11 is 5.47. The molecule has 2 unspecified atom stereocenters. The van der Waals surface area contributed by atoms with Crippen LogP contribution in [0.1, 0.15) is 20.3 Å². The van der Waals surface area contributed by atoms with Gasteiger partial charge < -0.3 is 4.74 Å². The largest absolute Gasteiger partial charge is 0.461 e. The molecule has 0 spiro atoms. The fourth-order valence-electron chi connectivity index (χ4n) is 0.575. The minimum atomic E-state index is -0.567. The van der Waals surface area contributed by atoms with Crippen LogP contribution < -0.4 is 0 Å². The molecule has 0 aliphatic carbocycles. The van der Waals surface area contributed by atoms with Crippen LogP contribution in [0, 0.1) is 0 Å². The van der Waals surface area contributed by atoms with Gasteiger partial charge >= 0.3 is 5.97 Å². The molecule has 0 aliphatic heterocycles. The Balaban J connectivity index is 3.65. The summed E-state index contributed by atoms with van der Waals surface area (Å²) < 4.78 is 4.91. The average molecular weight is 177 g/mol. The van der Waals surface area contributed by atoms with E-state index in [4.69, 9.17) is 16.3 Å². The van der Waals surface area contributed by atoms with Gasteiger partial charge in [0.15, 0.2) is 0 Å². The number of hydrogen-bond donors (Lipinski definition) is 0. The van der Waals surface area contributed by atoms with Gasteiger partial charge in [-0.05, 0) is 13.8 Å². The molecule has 0 aliphatic rings. The number of carbonyl (C=O) groups excluding carboxylic acids is 1. The monoisotopic (exact) mass is 176 g/mol. The normalized spacial score (nSPS) is 15.2. The molecule has 0 heterocycles. The van der Waals surface area contributed by atoms with E-state index in [0.717, 1.165) is 0 Å². The minimum absolute atomic E-state index is 0.124. The van der Waals surface area contributed by atoms with Crippen LogP contribution in [-0.4, -0.2) is 17.5 Å². The second-order valence-corrected chi connectivity index (χ2v) is 3.04. The standard InChI is InChI=1S/C8H13ClO2/c1-4-5-6(2)11-8(10)7(3)9/h4,6-7H,1,5H2,2-3H3. The van der Waals surface area contributed by atoms with E-state index in [1.807, 2.05) is 0 Å². The maximum atomic E-state index is 10.8. The van der Waals surface area contributed by atoms with E-state index in [1.165, 1.54) is 0 Å². The van der Waals surface area contributed by atoms with E-state index in [0.29, 0.717) is 6.42 Å². The van der Waals surface area contributed by atoms with Crippen LogP contribution in [0.2, 0.25) is 0 Å². The zero-order valence-corrected chi connectivity index (χ0v) is 7.60. The van der Waals surface area contributed by atoms with Gasteiger partial charge in [0.2, 0.25) is 0 Å².